The molecule has 130 valence electrons. The van der Waals surface area contributed by atoms with Crippen LogP contribution in [0.2, 0.25) is 5.02 Å². The Morgan fingerprint density at radius 3 is 2.40 bits per heavy atom. The van der Waals surface area contributed by atoms with Gasteiger partial charge in [-0.2, -0.15) is 0 Å². The summed E-state index contributed by atoms with van der Waals surface area (Å²) in [6.07, 6.45) is 1.59. The van der Waals surface area contributed by atoms with Gasteiger partial charge in [0.05, 0.1) is 15.4 Å². The van der Waals surface area contributed by atoms with Gasteiger partial charge in [0.1, 0.15) is 0 Å². The third-order valence-corrected chi connectivity index (χ3v) is 6.49. The van der Waals surface area contributed by atoms with Crippen LogP contribution in [0.4, 0.5) is 5.69 Å². The SMILES string of the molecule is O=S(=O)(c1ccccc1)n1ccc2c(N3CCNCC3)ccc(Cl)c21. The van der Waals surface area contributed by atoms with E-state index in [0.717, 1.165) is 37.3 Å². The molecule has 25 heavy (non-hydrogen) atoms. The Morgan fingerprint density at radius 1 is 0.960 bits per heavy atom. The first kappa shape index (κ1) is 16.4. The van der Waals surface area contributed by atoms with Crippen molar-refractivity contribution in [1.82, 2.24) is 9.29 Å². The van der Waals surface area contributed by atoms with Crippen molar-refractivity contribution in [3.63, 3.8) is 0 Å². The second-order valence-corrected chi connectivity index (χ2v) is 8.22. The molecule has 1 fully saturated rings. The van der Waals surface area contributed by atoms with Gasteiger partial charge in [-0.1, -0.05) is 29.8 Å². The van der Waals surface area contributed by atoms with Gasteiger partial charge in [0, 0.05) is 43.4 Å². The lowest BCUT2D eigenvalue weighted by Crippen LogP contribution is -2.43. The second-order valence-electron chi connectivity index (χ2n) is 6.00. The van der Waals surface area contributed by atoms with E-state index in [1.807, 2.05) is 12.1 Å². The number of aromatic nitrogens is 1. The van der Waals surface area contributed by atoms with E-state index in [2.05, 4.69) is 10.2 Å². The van der Waals surface area contributed by atoms with Gasteiger partial charge in [0.15, 0.2) is 0 Å². The Kier molecular flexibility index (Phi) is 4.19. The molecule has 0 unspecified atom stereocenters. The Labute approximate surface area is 151 Å². The minimum Gasteiger partial charge on any atom is -0.368 e. The molecular weight excluding hydrogens is 358 g/mol. The molecule has 1 N–H and O–H groups in total. The second kappa shape index (κ2) is 6.37. The molecule has 0 spiro atoms. The standard InChI is InChI=1S/C18H18ClN3O2S/c19-16-6-7-17(21-12-9-20-10-13-21)15-8-11-22(18(15)16)25(23,24)14-4-2-1-3-5-14/h1-8,11,20H,9-10,12-13H2. The highest BCUT2D eigenvalue weighted by molar-refractivity contribution is 7.90. The summed E-state index contributed by atoms with van der Waals surface area (Å²) in [5.74, 6) is 0. The van der Waals surface area contributed by atoms with Crippen LogP contribution in [-0.4, -0.2) is 38.6 Å². The maximum Gasteiger partial charge on any atom is 0.268 e. The van der Waals surface area contributed by atoms with Crippen molar-refractivity contribution < 1.29 is 8.42 Å². The summed E-state index contributed by atoms with van der Waals surface area (Å²) < 4.78 is 27.3. The van der Waals surface area contributed by atoms with Crippen LogP contribution in [0.15, 0.2) is 59.6 Å². The van der Waals surface area contributed by atoms with E-state index in [0.29, 0.717) is 10.5 Å². The van der Waals surface area contributed by atoms with Crippen LogP contribution < -0.4 is 10.2 Å². The van der Waals surface area contributed by atoms with Crippen LogP contribution in [0.3, 0.4) is 0 Å². The van der Waals surface area contributed by atoms with Crippen LogP contribution >= 0.6 is 11.6 Å². The number of nitrogens with one attached hydrogen (secondary N) is 1. The molecule has 2 heterocycles. The maximum atomic E-state index is 13.0. The average Bonchev–Trinajstić information content (AvgIpc) is 3.10. The predicted octanol–water partition coefficient (Wildman–Crippen LogP) is 2.94. The molecule has 2 aromatic carbocycles. The van der Waals surface area contributed by atoms with Crippen LogP contribution in [0.25, 0.3) is 10.9 Å². The van der Waals surface area contributed by atoms with Crippen LogP contribution in [0, 0.1) is 0 Å². The van der Waals surface area contributed by atoms with Crippen molar-refractivity contribution in [3.8, 4) is 0 Å². The van der Waals surface area contributed by atoms with E-state index in [4.69, 9.17) is 11.6 Å². The smallest absolute Gasteiger partial charge is 0.268 e. The molecule has 4 rings (SSSR count). The quantitative estimate of drug-likeness (QED) is 0.764. The summed E-state index contributed by atoms with van der Waals surface area (Å²) >= 11 is 6.39. The Morgan fingerprint density at radius 2 is 1.68 bits per heavy atom. The van der Waals surface area contributed by atoms with Crippen molar-refractivity contribution in [2.45, 2.75) is 4.90 Å². The van der Waals surface area contributed by atoms with Crippen molar-refractivity contribution >= 4 is 38.2 Å². The zero-order valence-electron chi connectivity index (χ0n) is 13.5. The molecule has 1 saturated heterocycles. The topological polar surface area (TPSA) is 54.3 Å². The first-order valence-corrected chi connectivity index (χ1v) is 9.97. The minimum atomic E-state index is -3.69. The first-order chi connectivity index (χ1) is 12.1. The minimum absolute atomic E-state index is 0.246. The number of rotatable bonds is 3. The third-order valence-electron chi connectivity index (χ3n) is 4.50. The third kappa shape index (κ3) is 2.80. The van der Waals surface area contributed by atoms with Gasteiger partial charge < -0.3 is 10.2 Å². The van der Waals surface area contributed by atoms with Crippen molar-refractivity contribution in [3.05, 3.63) is 59.8 Å². The molecule has 0 aliphatic carbocycles. The summed E-state index contributed by atoms with van der Waals surface area (Å²) in [4.78, 5) is 2.50. The molecule has 5 nitrogen and oxygen atoms in total. The molecule has 7 heteroatoms. The van der Waals surface area contributed by atoms with E-state index >= 15 is 0 Å². The van der Waals surface area contributed by atoms with Gasteiger partial charge in [-0.25, -0.2) is 12.4 Å². The zero-order valence-corrected chi connectivity index (χ0v) is 15.1. The number of hydrogen-bond donors (Lipinski definition) is 1. The zero-order chi connectivity index (χ0) is 17.4. The molecule has 3 aromatic rings. The highest BCUT2D eigenvalue weighted by Crippen LogP contribution is 2.35. The Hall–Kier alpha value is -2.02. The Balaban J connectivity index is 1.90. The maximum absolute atomic E-state index is 13.0. The van der Waals surface area contributed by atoms with Crippen molar-refractivity contribution in [2.75, 3.05) is 31.1 Å². The lowest BCUT2D eigenvalue weighted by atomic mass is 10.2. The predicted molar refractivity (Wildman–Crippen MR) is 101 cm³/mol. The summed E-state index contributed by atoms with van der Waals surface area (Å²) in [6.45, 7) is 3.58. The molecule has 0 bridgehead atoms. The normalized spacial score (nSPS) is 15.6. The molecule has 1 aromatic heterocycles. The molecular formula is C18H18ClN3O2S. The lowest BCUT2D eigenvalue weighted by molar-refractivity contribution is 0.588. The fraction of sp³-hybridized carbons (Fsp3) is 0.222. The molecule has 0 atom stereocenters. The number of hydrogen-bond acceptors (Lipinski definition) is 4. The van der Waals surface area contributed by atoms with Gasteiger partial charge in [-0.15, -0.1) is 0 Å². The highest BCUT2D eigenvalue weighted by atomic mass is 35.5. The summed E-state index contributed by atoms with van der Waals surface area (Å²) in [5.41, 5.74) is 1.55. The molecule has 1 aliphatic rings. The van der Waals surface area contributed by atoms with Gasteiger partial charge >= 0.3 is 0 Å². The van der Waals surface area contributed by atoms with Gasteiger partial charge in [0.2, 0.25) is 0 Å². The van der Waals surface area contributed by atoms with E-state index in [1.165, 1.54) is 3.97 Å². The molecule has 0 amide bonds. The highest BCUT2D eigenvalue weighted by Gasteiger charge is 2.23. The number of piperazine rings is 1. The first-order valence-electron chi connectivity index (χ1n) is 8.15. The monoisotopic (exact) mass is 375 g/mol. The van der Waals surface area contributed by atoms with E-state index < -0.39 is 10.0 Å². The van der Waals surface area contributed by atoms with E-state index in [1.54, 1.807) is 42.6 Å². The molecule has 1 aliphatic heterocycles. The number of halogens is 1. The number of nitrogens with zero attached hydrogens (tertiary/aromatic N) is 2. The van der Waals surface area contributed by atoms with Gasteiger partial charge in [-0.05, 0) is 30.3 Å². The largest absolute Gasteiger partial charge is 0.368 e. The van der Waals surface area contributed by atoms with Crippen LogP contribution in [-0.2, 0) is 10.0 Å². The summed E-state index contributed by atoms with van der Waals surface area (Å²) in [5, 5.41) is 4.61. The average molecular weight is 376 g/mol. The summed E-state index contributed by atoms with van der Waals surface area (Å²) in [7, 11) is -3.69. The summed E-state index contributed by atoms with van der Waals surface area (Å²) in [6, 6.07) is 14.0. The number of fused-ring (bicyclic) bond motifs is 1. The fourth-order valence-corrected chi connectivity index (χ4v) is 4.96. The van der Waals surface area contributed by atoms with E-state index in [9.17, 15) is 8.42 Å². The fourth-order valence-electron chi connectivity index (χ4n) is 3.26. The van der Waals surface area contributed by atoms with Crippen molar-refractivity contribution in [1.29, 1.82) is 0 Å². The van der Waals surface area contributed by atoms with Crippen LogP contribution in [0.5, 0.6) is 0 Å². The Bertz CT molecular complexity index is 1010. The van der Waals surface area contributed by atoms with Gasteiger partial charge in [-0.3, -0.25) is 0 Å². The van der Waals surface area contributed by atoms with Gasteiger partial charge in [0.25, 0.3) is 10.0 Å². The van der Waals surface area contributed by atoms with Crippen LogP contribution in [0.1, 0.15) is 0 Å². The number of anilines is 1. The lowest BCUT2D eigenvalue weighted by Gasteiger charge is -2.30. The molecule has 0 radical (unpaired) electrons. The number of benzene rings is 2. The molecule has 0 saturated carbocycles. The van der Waals surface area contributed by atoms with E-state index in [-0.39, 0.29) is 4.90 Å². The van der Waals surface area contributed by atoms with Crippen molar-refractivity contribution in [2.24, 2.45) is 0 Å².